The molecule has 1 aromatic carbocycles. The van der Waals surface area contributed by atoms with Crippen LogP contribution in [0, 0.1) is 12.8 Å². The summed E-state index contributed by atoms with van der Waals surface area (Å²) >= 11 is 12.2. The van der Waals surface area contributed by atoms with Crippen molar-refractivity contribution in [3.63, 3.8) is 0 Å². The Labute approximate surface area is 159 Å². The smallest absolute Gasteiger partial charge is 0.131 e. The molecule has 0 aliphatic carbocycles. The van der Waals surface area contributed by atoms with Crippen LogP contribution in [0.4, 0.5) is 5.69 Å². The molecule has 0 saturated carbocycles. The van der Waals surface area contributed by atoms with Crippen LogP contribution in [-0.4, -0.2) is 29.4 Å². The molecule has 1 aliphatic rings. The average molecular weight is 390 g/mol. The highest BCUT2D eigenvalue weighted by Gasteiger charge is 2.22. The van der Waals surface area contributed by atoms with Crippen molar-refractivity contribution in [1.82, 2.24) is 15.1 Å². The Bertz CT molecular complexity index is 669. The largest absolute Gasteiger partial charge is 0.371 e. The molecule has 1 unspecified atom stereocenters. The third-order valence-corrected chi connectivity index (χ3v) is 5.21. The first-order valence-corrected chi connectivity index (χ1v) is 8.69. The summed E-state index contributed by atoms with van der Waals surface area (Å²) in [6.45, 7) is 5.94. The predicted molar refractivity (Wildman–Crippen MR) is 104 cm³/mol. The second-order valence-electron chi connectivity index (χ2n) is 6.19. The lowest BCUT2D eigenvalue weighted by atomic mass is 10.1. The van der Waals surface area contributed by atoms with E-state index < -0.39 is 0 Å². The van der Waals surface area contributed by atoms with Crippen LogP contribution in [0.15, 0.2) is 24.3 Å². The first-order valence-electron chi connectivity index (χ1n) is 7.94. The van der Waals surface area contributed by atoms with E-state index in [-0.39, 0.29) is 12.4 Å². The van der Waals surface area contributed by atoms with E-state index in [2.05, 4.69) is 27.4 Å². The minimum atomic E-state index is 0. The van der Waals surface area contributed by atoms with Gasteiger partial charge in [0.25, 0.3) is 0 Å². The van der Waals surface area contributed by atoms with Gasteiger partial charge in [-0.05, 0) is 43.5 Å². The molecule has 0 radical (unpaired) electrons. The molecule has 132 valence electrons. The van der Waals surface area contributed by atoms with Gasteiger partial charge in [-0.1, -0.05) is 23.2 Å². The maximum absolute atomic E-state index is 6.27. The molecule has 2 heterocycles. The summed E-state index contributed by atoms with van der Waals surface area (Å²) in [5, 5.41) is 9.39. The number of aryl methyl sites for hydroxylation is 2. The molecule has 2 aromatic rings. The summed E-state index contributed by atoms with van der Waals surface area (Å²) in [4.78, 5) is 2.42. The molecule has 0 amide bonds. The maximum atomic E-state index is 6.27. The lowest BCUT2D eigenvalue weighted by Crippen LogP contribution is -2.26. The average Bonchev–Trinajstić information content (AvgIpc) is 3.08. The Morgan fingerprint density at radius 2 is 1.96 bits per heavy atom. The summed E-state index contributed by atoms with van der Waals surface area (Å²) < 4.78 is 1.73. The van der Waals surface area contributed by atoms with Crippen molar-refractivity contribution in [3.8, 4) is 0 Å². The van der Waals surface area contributed by atoms with Crippen LogP contribution in [-0.2, 0) is 13.6 Å². The molecule has 1 fully saturated rings. The van der Waals surface area contributed by atoms with Crippen LogP contribution in [0.1, 0.15) is 17.7 Å². The van der Waals surface area contributed by atoms with Gasteiger partial charge in [-0.25, -0.2) is 0 Å². The molecule has 1 aromatic heterocycles. The quantitative estimate of drug-likeness (QED) is 0.836. The lowest BCUT2D eigenvalue weighted by Gasteiger charge is -2.19. The highest BCUT2D eigenvalue weighted by atomic mass is 35.5. The van der Waals surface area contributed by atoms with Gasteiger partial charge in [0, 0.05) is 49.5 Å². The van der Waals surface area contributed by atoms with Crippen LogP contribution in [0.25, 0.3) is 0 Å². The van der Waals surface area contributed by atoms with E-state index in [4.69, 9.17) is 23.2 Å². The first kappa shape index (κ1) is 19.4. The third kappa shape index (κ3) is 4.37. The van der Waals surface area contributed by atoms with E-state index in [0.717, 1.165) is 47.6 Å². The van der Waals surface area contributed by atoms with Gasteiger partial charge in [0.15, 0.2) is 0 Å². The fourth-order valence-electron chi connectivity index (χ4n) is 3.16. The highest BCUT2D eigenvalue weighted by molar-refractivity contribution is 6.30. The van der Waals surface area contributed by atoms with Crippen molar-refractivity contribution in [2.24, 2.45) is 13.0 Å². The summed E-state index contributed by atoms with van der Waals surface area (Å²) in [5.74, 6) is 0.654. The Morgan fingerprint density at radius 3 is 2.58 bits per heavy atom. The zero-order valence-corrected chi connectivity index (χ0v) is 16.3. The molecule has 24 heavy (non-hydrogen) atoms. The van der Waals surface area contributed by atoms with E-state index >= 15 is 0 Å². The van der Waals surface area contributed by atoms with Crippen molar-refractivity contribution in [2.75, 3.05) is 24.5 Å². The molecular formula is C17H23Cl3N4. The fraction of sp³-hybridized carbons (Fsp3) is 0.471. The van der Waals surface area contributed by atoms with E-state index in [9.17, 15) is 0 Å². The van der Waals surface area contributed by atoms with Gasteiger partial charge in [-0.3, -0.25) is 4.68 Å². The number of nitrogens with one attached hydrogen (secondary N) is 1. The summed E-state index contributed by atoms with van der Waals surface area (Å²) in [6, 6.07) is 8.10. The van der Waals surface area contributed by atoms with Crippen LogP contribution in [0.5, 0.6) is 0 Å². The number of hydrogen-bond donors (Lipinski definition) is 1. The number of aromatic nitrogens is 2. The molecule has 4 nitrogen and oxygen atoms in total. The SMILES string of the molecule is Cc1nn(C)c(Cl)c1CNCC1CCN(c2ccc(Cl)cc2)C1.Cl. The fourth-order valence-corrected chi connectivity index (χ4v) is 3.53. The Kier molecular flexibility index (Phi) is 6.81. The molecule has 7 heteroatoms. The second-order valence-corrected chi connectivity index (χ2v) is 6.98. The normalized spacial score (nSPS) is 17.2. The summed E-state index contributed by atoms with van der Waals surface area (Å²) in [6.07, 6.45) is 1.20. The van der Waals surface area contributed by atoms with Crippen molar-refractivity contribution in [1.29, 1.82) is 0 Å². The molecule has 1 saturated heterocycles. The lowest BCUT2D eigenvalue weighted by molar-refractivity contribution is 0.516. The van der Waals surface area contributed by atoms with Gasteiger partial charge in [0.1, 0.15) is 5.15 Å². The Balaban J connectivity index is 0.00000208. The predicted octanol–water partition coefficient (Wildman–Crippen LogP) is 4.07. The number of hydrogen-bond acceptors (Lipinski definition) is 3. The van der Waals surface area contributed by atoms with Crippen molar-refractivity contribution < 1.29 is 0 Å². The first-order chi connectivity index (χ1) is 11.0. The summed E-state index contributed by atoms with van der Waals surface area (Å²) in [5.41, 5.74) is 3.35. The summed E-state index contributed by atoms with van der Waals surface area (Å²) in [7, 11) is 1.87. The second kappa shape index (κ2) is 8.43. The van der Waals surface area contributed by atoms with Gasteiger partial charge in [-0.15, -0.1) is 12.4 Å². The van der Waals surface area contributed by atoms with Crippen molar-refractivity contribution in [3.05, 3.63) is 45.7 Å². The highest BCUT2D eigenvalue weighted by Crippen LogP contribution is 2.25. The minimum Gasteiger partial charge on any atom is -0.371 e. The van der Waals surface area contributed by atoms with Gasteiger partial charge in [-0.2, -0.15) is 5.10 Å². The molecular weight excluding hydrogens is 367 g/mol. The van der Waals surface area contributed by atoms with Crippen LogP contribution in [0.2, 0.25) is 10.2 Å². The number of nitrogens with zero attached hydrogens (tertiary/aromatic N) is 3. The number of rotatable bonds is 5. The third-order valence-electron chi connectivity index (χ3n) is 4.48. The maximum Gasteiger partial charge on any atom is 0.131 e. The van der Waals surface area contributed by atoms with Crippen LogP contribution < -0.4 is 10.2 Å². The molecule has 3 rings (SSSR count). The van der Waals surface area contributed by atoms with Gasteiger partial charge < -0.3 is 10.2 Å². The van der Waals surface area contributed by atoms with E-state index in [1.165, 1.54) is 12.1 Å². The van der Waals surface area contributed by atoms with Gasteiger partial charge >= 0.3 is 0 Å². The van der Waals surface area contributed by atoms with Crippen molar-refractivity contribution >= 4 is 41.3 Å². The molecule has 0 bridgehead atoms. The zero-order chi connectivity index (χ0) is 16.4. The standard InChI is InChI=1S/C17H22Cl2N4.ClH/c1-12-16(17(19)22(2)21-12)10-20-9-13-7-8-23(11-13)15-5-3-14(18)4-6-15;/h3-6,13,20H,7-11H2,1-2H3;1H. The monoisotopic (exact) mass is 388 g/mol. The van der Waals surface area contributed by atoms with Crippen LogP contribution >= 0.6 is 35.6 Å². The Morgan fingerprint density at radius 1 is 1.25 bits per heavy atom. The number of halogens is 3. The Hall–Kier alpha value is -0.940. The molecule has 1 N–H and O–H groups in total. The zero-order valence-electron chi connectivity index (χ0n) is 13.9. The van der Waals surface area contributed by atoms with E-state index in [0.29, 0.717) is 5.92 Å². The number of benzene rings is 1. The van der Waals surface area contributed by atoms with Crippen LogP contribution in [0.3, 0.4) is 0 Å². The van der Waals surface area contributed by atoms with E-state index in [1.807, 2.05) is 26.1 Å². The van der Waals surface area contributed by atoms with Gasteiger partial charge in [0.05, 0.1) is 5.69 Å². The topological polar surface area (TPSA) is 33.1 Å². The molecule has 1 atom stereocenters. The van der Waals surface area contributed by atoms with Crippen molar-refractivity contribution in [2.45, 2.75) is 19.9 Å². The minimum absolute atomic E-state index is 0. The number of anilines is 1. The molecule has 1 aliphatic heterocycles. The molecule has 0 spiro atoms. The van der Waals surface area contributed by atoms with Gasteiger partial charge in [0.2, 0.25) is 0 Å². The van der Waals surface area contributed by atoms with E-state index in [1.54, 1.807) is 4.68 Å².